The van der Waals surface area contributed by atoms with E-state index in [9.17, 15) is 9.59 Å². The van der Waals surface area contributed by atoms with E-state index in [0.29, 0.717) is 13.1 Å². The van der Waals surface area contributed by atoms with Crippen molar-refractivity contribution in [3.05, 3.63) is 12.7 Å². The predicted octanol–water partition coefficient (Wildman–Crippen LogP) is -0.360. The van der Waals surface area contributed by atoms with Crippen LogP contribution in [0.15, 0.2) is 12.7 Å². The maximum Gasteiger partial charge on any atom is 0.317 e. The standard InChI is InChI=1S/C10H17N5O3/c1-8(9(16)17)5-14(2)10(18)12-3-4-15-7-11-6-13-15/h6-8H,3-5H2,1-2H3,(H,12,18)(H,16,17). The number of carboxylic acids is 1. The highest BCUT2D eigenvalue weighted by molar-refractivity contribution is 5.75. The molecule has 1 aromatic heterocycles. The summed E-state index contributed by atoms with van der Waals surface area (Å²) in [6.45, 7) is 2.66. The number of urea groups is 1. The lowest BCUT2D eigenvalue weighted by Crippen LogP contribution is -2.41. The van der Waals surface area contributed by atoms with Gasteiger partial charge in [0.1, 0.15) is 12.7 Å². The average molecular weight is 255 g/mol. The normalized spacial score (nSPS) is 11.9. The number of carbonyl (C=O) groups is 2. The van der Waals surface area contributed by atoms with E-state index in [1.807, 2.05) is 0 Å². The molecule has 1 aromatic rings. The summed E-state index contributed by atoms with van der Waals surface area (Å²) in [6, 6.07) is -0.303. The molecule has 18 heavy (non-hydrogen) atoms. The molecular weight excluding hydrogens is 238 g/mol. The third kappa shape index (κ3) is 4.40. The molecule has 100 valence electrons. The summed E-state index contributed by atoms with van der Waals surface area (Å²) in [7, 11) is 1.56. The number of amides is 2. The first-order valence-corrected chi connectivity index (χ1v) is 5.55. The molecule has 0 aliphatic heterocycles. The summed E-state index contributed by atoms with van der Waals surface area (Å²) in [5, 5.41) is 15.3. The van der Waals surface area contributed by atoms with Crippen LogP contribution in [0.3, 0.4) is 0 Å². The number of aromatic nitrogens is 3. The first kappa shape index (κ1) is 13.9. The lowest BCUT2D eigenvalue weighted by atomic mass is 10.2. The Labute approximate surface area is 105 Å². The van der Waals surface area contributed by atoms with Crippen molar-refractivity contribution in [2.24, 2.45) is 5.92 Å². The van der Waals surface area contributed by atoms with Crippen LogP contribution in [0.2, 0.25) is 0 Å². The van der Waals surface area contributed by atoms with E-state index in [-0.39, 0.29) is 12.6 Å². The Hall–Kier alpha value is -2.12. The Morgan fingerprint density at radius 3 is 2.83 bits per heavy atom. The highest BCUT2D eigenvalue weighted by Gasteiger charge is 2.16. The molecule has 1 unspecified atom stereocenters. The summed E-state index contributed by atoms with van der Waals surface area (Å²) < 4.78 is 1.60. The van der Waals surface area contributed by atoms with Gasteiger partial charge in [-0.25, -0.2) is 9.78 Å². The maximum absolute atomic E-state index is 11.6. The van der Waals surface area contributed by atoms with Gasteiger partial charge in [0.25, 0.3) is 0 Å². The molecule has 0 aliphatic carbocycles. The highest BCUT2D eigenvalue weighted by Crippen LogP contribution is 1.98. The van der Waals surface area contributed by atoms with Crippen LogP contribution >= 0.6 is 0 Å². The zero-order chi connectivity index (χ0) is 13.5. The summed E-state index contributed by atoms with van der Waals surface area (Å²) in [4.78, 5) is 27.4. The minimum absolute atomic E-state index is 0.171. The van der Waals surface area contributed by atoms with E-state index < -0.39 is 11.9 Å². The largest absolute Gasteiger partial charge is 0.481 e. The molecular formula is C10H17N5O3. The molecule has 8 heteroatoms. The molecule has 0 saturated carbocycles. The van der Waals surface area contributed by atoms with E-state index in [1.165, 1.54) is 11.2 Å². The minimum Gasteiger partial charge on any atom is -0.481 e. The van der Waals surface area contributed by atoms with Crippen LogP contribution in [0.1, 0.15) is 6.92 Å². The van der Waals surface area contributed by atoms with Gasteiger partial charge in [-0.3, -0.25) is 9.48 Å². The van der Waals surface area contributed by atoms with Gasteiger partial charge in [0.2, 0.25) is 0 Å². The van der Waals surface area contributed by atoms with Gasteiger partial charge in [-0.05, 0) is 0 Å². The van der Waals surface area contributed by atoms with Crippen molar-refractivity contribution in [1.82, 2.24) is 25.0 Å². The molecule has 0 fully saturated rings. The van der Waals surface area contributed by atoms with Gasteiger partial charge in [0.05, 0.1) is 12.5 Å². The second-order valence-electron chi connectivity index (χ2n) is 4.01. The van der Waals surface area contributed by atoms with E-state index in [0.717, 1.165) is 0 Å². The van der Waals surface area contributed by atoms with Crippen LogP contribution < -0.4 is 5.32 Å². The molecule has 0 aromatic carbocycles. The van der Waals surface area contributed by atoms with E-state index in [1.54, 1.807) is 25.0 Å². The lowest BCUT2D eigenvalue weighted by molar-refractivity contribution is -0.141. The SMILES string of the molecule is CC(CN(C)C(=O)NCCn1cncn1)C(=O)O. The molecule has 0 radical (unpaired) electrons. The summed E-state index contributed by atoms with van der Waals surface area (Å²) in [5.41, 5.74) is 0. The van der Waals surface area contributed by atoms with Gasteiger partial charge in [-0.2, -0.15) is 5.10 Å². The van der Waals surface area contributed by atoms with Crippen molar-refractivity contribution in [2.75, 3.05) is 20.1 Å². The van der Waals surface area contributed by atoms with Gasteiger partial charge in [-0.1, -0.05) is 6.92 Å². The molecule has 8 nitrogen and oxygen atoms in total. The van der Waals surface area contributed by atoms with Crippen LogP contribution in [0, 0.1) is 5.92 Å². The van der Waals surface area contributed by atoms with E-state index in [2.05, 4.69) is 15.4 Å². The highest BCUT2D eigenvalue weighted by atomic mass is 16.4. The van der Waals surface area contributed by atoms with Crippen LogP contribution in [0.4, 0.5) is 4.79 Å². The van der Waals surface area contributed by atoms with Gasteiger partial charge in [0, 0.05) is 20.1 Å². The Bertz CT molecular complexity index is 392. The van der Waals surface area contributed by atoms with Crippen molar-refractivity contribution in [3.8, 4) is 0 Å². The lowest BCUT2D eigenvalue weighted by Gasteiger charge is -2.19. The van der Waals surface area contributed by atoms with E-state index >= 15 is 0 Å². The van der Waals surface area contributed by atoms with Crippen molar-refractivity contribution in [3.63, 3.8) is 0 Å². The average Bonchev–Trinajstić information content (AvgIpc) is 2.81. The summed E-state index contributed by atoms with van der Waals surface area (Å²) >= 11 is 0. The fraction of sp³-hybridized carbons (Fsp3) is 0.600. The van der Waals surface area contributed by atoms with Crippen molar-refractivity contribution in [2.45, 2.75) is 13.5 Å². The molecule has 2 amide bonds. The fourth-order valence-electron chi connectivity index (χ4n) is 1.33. The smallest absolute Gasteiger partial charge is 0.317 e. The van der Waals surface area contributed by atoms with Crippen LogP contribution in [0.5, 0.6) is 0 Å². The van der Waals surface area contributed by atoms with Gasteiger partial charge in [-0.15, -0.1) is 0 Å². The maximum atomic E-state index is 11.6. The number of nitrogens with one attached hydrogen (secondary N) is 1. The third-order valence-electron chi connectivity index (χ3n) is 2.40. The molecule has 1 heterocycles. The number of aliphatic carboxylic acids is 1. The zero-order valence-electron chi connectivity index (χ0n) is 10.4. The Morgan fingerprint density at radius 2 is 2.28 bits per heavy atom. The number of hydrogen-bond acceptors (Lipinski definition) is 4. The molecule has 1 rings (SSSR count). The van der Waals surface area contributed by atoms with Crippen molar-refractivity contribution < 1.29 is 14.7 Å². The Balaban J connectivity index is 2.25. The summed E-state index contributed by atoms with van der Waals surface area (Å²) in [6.07, 6.45) is 2.98. The number of carboxylic acid groups (broad SMARTS) is 1. The fourth-order valence-corrected chi connectivity index (χ4v) is 1.33. The Kier molecular flexibility index (Phi) is 5.09. The minimum atomic E-state index is -0.919. The van der Waals surface area contributed by atoms with Gasteiger partial charge in [0.15, 0.2) is 0 Å². The molecule has 0 saturated heterocycles. The van der Waals surface area contributed by atoms with Crippen LogP contribution in [-0.4, -0.2) is 56.9 Å². The van der Waals surface area contributed by atoms with Gasteiger partial charge < -0.3 is 15.3 Å². The molecule has 0 bridgehead atoms. The molecule has 0 spiro atoms. The molecule has 0 aliphatic rings. The monoisotopic (exact) mass is 255 g/mol. The number of nitrogens with zero attached hydrogens (tertiary/aromatic N) is 4. The van der Waals surface area contributed by atoms with Crippen molar-refractivity contribution >= 4 is 12.0 Å². The number of hydrogen-bond donors (Lipinski definition) is 2. The number of carbonyl (C=O) groups excluding carboxylic acids is 1. The quantitative estimate of drug-likeness (QED) is 0.723. The topological polar surface area (TPSA) is 100 Å². The molecule has 1 atom stereocenters. The second-order valence-corrected chi connectivity index (χ2v) is 4.01. The summed E-state index contributed by atoms with van der Waals surface area (Å²) in [5.74, 6) is -1.51. The van der Waals surface area contributed by atoms with Crippen molar-refractivity contribution in [1.29, 1.82) is 0 Å². The Morgan fingerprint density at radius 1 is 1.56 bits per heavy atom. The number of rotatable bonds is 6. The third-order valence-corrected chi connectivity index (χ3v) is 2.40. The predicted molar refractivity (Wildman–Crippen MR) is 62.9 cm³/mol. The first-order chi connectivity index (χ1) is 8.50. The second kappa shape index (κ2) is 6.58. The van der Waals surface area contributed by atoms with E-state index in [4.69, 9.17) is 5.11 Å². The first-order valence-electron chi connectivity index (χ1n) is 5.55. The zero-order valence-corrected chi connectivity index (χ0v) is 10.4. The van der Waals surface area contributed by atoms with Gasteiger partial charge >= 0.3 is 12.0 Å². The van der Waals surface area contributed by atoms with Crippen LogP contribution in [-0.2, 0) is 11.3 Å². The molecule has 2 N–H and O–H groups in total. The van der Waals surface area contributed by atoms with Crippen LogP contribution in [0.25, 0.3) is 0 Å².